The molecule has 1 aromatic rings. The van der Waals surface area contributed by atoms with E-state index in [0.717, 1.165) is 24.8 Å². The van der Waals surface area contributed by atoms with Gasteiger partial charge in [-0.2, -0.15) is 0 Å². The van der Waals surface area contributed by atoms with Gasteiger partial charge in [0.2, 0.25) is 10.0 Å². The Labute approximate surface area is 126 Å². The molecule has 0 spiro atoms. The van der Waals surface area contributed by atoms with Crippen LogP contribution in [0.4, 0.5) is 5.69 Å². The molecule has 0 aromatic heterocycles. The van der Waals surface area contributed by atoms with E-state index >= 15 is 0 Å². The Kier molecular flexibility index (Phi) is 3.61. The number of nitrogens with zero attached hydrogens (tertiary/aromatic N) is 1. The van der Waals surface area contributed by atoms with Crippen molar-refractivity contribution < 1.29 is 13.2 Å². The van der Waals surface area contributed by atoms with Gasteiger partial charge in [-0.1, -0.05) is 6.92 Å². The molecule has 1 aromatic carbocycles. The van der Waals surface area contributed by atoms with E-state index in [4.69, 9.17) is 10.5 Å². The Morgan fingerprint density at radius 3 is 2.81 bits per heavy atom. The van der Waals surface area contributed by atoms with Gasteiger partial charge >= 0.3 is 0 Å². The summed E-state index contributed by atoms with van der Waals surface area (Å²) in [6.07, 6.45) is 2.81. The fourth-order valence-corrected chi connectivity index (χ4v) is 4.34. The summed E-state index contributed by atoms with van der Waals surface area (Å²) in [6.45, 7) is 3.27. The standard InChI is InChI=1S/C15H22N2O3S/c1-10-6-12(10)9-17(2)21(18,19)14-8-13(16)7-11-4-3-5-20-15(11)14/h7-8,10,12H,3-6,9,16H2,1-2H3. The van der Waals surface area contributed by atoms with E-state index in [1.165, 1.54) is 10.4 Å². The van der Waals surface area contributed by atoms with Crippen LogP contribution in [0.15, 0.2) is 17.0 Å². The van der Waals surface area contributed by atoms with E-state index in [0.29, 0.717) is 36.4 Å². The molecule has 21 heavy (non-hydrogen) atoms. The molecule has 0 saturated heterocycles. The molecule has 1 heterocycles. The highest BCUT2D eigenvalue weighted by atomic mass is 32.2. The average Bonchev–Trinajstić information content (AvgIpc) is 3.13. The van der Waals surface area contributed by atoms with E-state index in [9.17, 15) is 8.42 Å². The van der Waals surface area contributed by atoms with Gasteiger partial charge in [-0.3, -0.25) is 0 Å². The monoisotopic (exact) mass is 310 g/mol. The Hall–Kier alpha value is -1.27. The molecule has 5 nitrogen and oxygen atoms in total. The maximum Gasteiger partial charge on any atom is 0.246 e. The SMILES string of the molecule is CC1CC1CN(C)S(=O)(=O)c1cc(N)cc2c1OCCC2. The molecule has 116 valence electrons. The lowest BCUT2D eigenvalue weighted by atomic mass is 10.1. The molecular weight excluding hydrogens is 288 g/mol. The highest BCUT2D eigenvalue weighted by molar-refractivity contribution is 7.89. The molecule has 0 bridgehead atoms. The summed E-state index contributed by atoms with van der Waals surface area (Å²) in [5.41, 5.74) is 7.25. The smallest absolute Gasteiger partial charge is 0.246 e. The third-order valence-electron chi connectivity index (χ3n) is 4.45. The minimum atomic E-state index is -3.55. The summed E-state index contributed by atoms with van der Waals surface area (Å²) in [4.78, 5) is 0.216. The van der Waals surface area contributed by atoms with Crippen molar-refractivity contribution in [3.63, 3.8) is 0 Å². The zero-order valence-corrected chi connectivity index (χ0v) is 13.3. The van der Waals surface area contributed by atoms with Crippen LogP contribution in [-0.2, 0) is 16.4 Å². The second kappa shape index (κ2) is 5.18. The van der Waals surface area contributed by atoms with E-state index in [-0.39, 0.29) is 4.90 Å². The fourth-order valence-electron chi connectivity index (χ4n) is 2.91. The first-order valence-electron chi connectivity index (χ1n) is 7.41. The van der Waals surface area contributed by atoms with E-state index in [1.54, 1.807) is 7.05 Å². The molecule has 2 N–H and O–H groups in total. The summed E-state index contributed by atoms with van der Waals surface area (Å²) in [5, 5.41) is 0. The van der Waals surface area contributed by atoms with Gasteiger partial charge in [0, 0.05) is 19.3 Å². The number of ether oxygens (including phenoxy) is 1. The second-order valence-electron chi connectivity index (χ2n) is 6.22. The van der Waals surface area contributed by atoms with Gasteiger partial charge in [-0.25, -0.2) is 12.7 Å². The second-order valence-corrected chi connectivity index (χ2v) is 8.23. The van der Waals surface area contributed by atoms with Crippen molar-refractivity contribution in [3.05, 3.63) is 17.7 Å². The van der Waals surface area contributed by atoms with Crippen molar-refractivity contribution in [1.82, 2.24) is 4.31 Å². The maximum atomic E-state index is 12.8. The Morgan fingerprint density at radius 2 is 2.14 bits per heavy atom. The van der Waals surface area contributed by atoms with Gasteiger partial charge in [0.05, 0.1) is 6.61 Å². The van der Waals surface area contributed by atoms with Crippen LogP contribution < -0.4 is 10.5 Å². The molecule has 0 amide bonds. The Balaban J connectivity index is 1.96. The number of hydrogen-bond acceptors (Lipinski definition) is 4. The zero-order valence-electron chi connectivity index (χ0n) is 12.5. The van der Waals surface area contributed by atoms with Crippen molar-refractivity contribution >= 4 is 15.7 Å². The summed E-state index contributed by atoms with van der Waals surface area (Å²) in [5.74, 6) is 1.59. The Morgan fingerprint density at radius 1 is 1.43 bits per heavy atom. The molecule has 1 aliphatic heterocycles. The van der Waals surface area contributed by atoms with Crippen LogP contribution in [0.5, 0.6) is 5.75 Å². The van der Waals surface area contributed by atoms with E-state index < -0.39 is 10.0 Å². The lowest BCUT2D eigenvalue weighted by Crippen LogP contribution is -2.30. The molecule has 1 aliphatic carbocycles. The fraction of sp³-hybridized carbons (Fsp3) is 0.600. The number of nitrogens with two attached hydrogens (primary N) is 1. The van der Waals surface area contributed by atoms with Gasteiger partial charge in [0.1, 0.15) is 10.6 Å². The number of benzene rings is 1. The molecule has 2 atom stereocenters. The highest BCUT2D eigenvalue weighted by Crippen LogP contribution is 2.40. The topological polar surface area (TPSA) is 72.6 Å². The normalized spacial score (nSPS) is 24.5. The molecule has 3 rings (SSSR count). The molecule has 2 unspecified atom stereocenters. The van der Waals surface area contributed by atoms with Crippen molar-refractivity contribution in [2.75, 3.05) is 25.9 Å². The number of nitrogen functional groups attached to an aromatic ring is 1. The Bertz CT molecular complexity index is 657. The summed E-state index contributed by atoms with van der Waals surface area (Å²) >= 11 is 0. The molecule has 1 fully saturated rings. The molecule has 1 saturated carbocycles. The average molecular weight is 310 g/mol. The maximum absolute atomic E-state index is 12.8. The van der Waals surface area contributed by atoms with Crippen LogP contribution in [-0.4, -0.2) is 32.9 Å². The van der Waals surface area contributed by atoms with Crippen LogP contribution in [0.2, 0.25) is 0 Å². The third-order valence-corrected chi connectivity index (χ3v) is 6.28. The number of anilines is 1. The molecule has 0 radical (unpaired) electrons. The predicted molar refractivity (Wildman–Crippen MR) is 81.8 cm³/mol. The highest BCUT2D eigenvalue weighted by Gasteiger charge is 2.37. The lowest BCUT2D eigenvalue weighted by molar-refractivity contribution is 0.279. The van der Waals surface area contributed by atoms with Crippen LogP contribution in [0, 0.1) is 11.8 Å². The first-order chi connectivity index (χ1) is 9.89. The summed E-state index contributed by atoms with van der Waals surface area (Å²) in [6, 6.07) is 3.34. The van der Waals surface area contributed by atoms with Crippen molar-refractivity contribution in [2.24, 2.45) is 11.8 Å². The number of sulfonamides is 1. The molecular formula is C15H22N2O3S. The lowest BCUT2D eigenvalue weighted by Gasteiger charge is -2.24. The minimum Gasteiger partial charge on any atom is -0.492 e. The number of hydrogen-bond donors (Lipinski definition) is 1. The zero-order chi connectivity index (χ0) is 15.2. The van der Waals surface area contributed by atoms with Crippen molar-refractivity contribution in [2.45, 2.75) is 31.1 Å². The molecule has 2 aliphatic rings. The minimum absolute atomic E-state index is 0.216. The van der Waals surface area contributed by atoms with Gasteiger partial charge in [-0.05, 0) is 48.8 Å². The van der Waals surface area contributed by atoms with Crippen LogP contribution in [0.25, 0.3) is 0 Å². The number of aryl methyl sites for hydroxylation is 1. The van der Waals surface area contributed by atoms with Gasteiger partial charge in [0.25, 0.3) is 0 Å². The number of rotatable bonds is 4. The largest absolute Gasteiger partial charge is 0.492 e. The van der Waals surface area contributed by atoms with Crippen molar-refractivity contribution in [3.8, 4) is 5.75 Å². The van der Waals surface area contributed by atoms with Gasteiger partial charge < -0.3 is 10.5 Å². The summed E-state index contributed by atoms with van der Waals surface area (Å²) < 4.78 is 32.7. The van der Waals surface area contributed by atoms with Crippen LogP contribution in [0.3, 0.4) is 0 Å². The predicted octanol–water partition coefficient (Wildman–Crippen LogP) is 1.87. The molecule has 6 heteroatoms. The third kappa shape index (κ3) is 2.74. The van der Waals surface area contributed by atoms with Gasteiger partial charge in [-0.15, -0.1) is 0 Å². The van der Waals surface area contributed by atoms with Crippen LogP contribution in [0.1, 0.15) is 25.3 Å². The first-order valence-corrected chi connectivity index (χ1v) is 8.85. The van der Waals surface area contributed by atoms with Crippen LogP contribution >= 0.6 is 0 Å². The first kappa shape index (κ1) is 14.7. The van der Waals surface area contributed by atoms with Gasteiger partial charge in [0.15, 0.2) is 0 Å². The number of fused-ring (bicyclic) bond motifs is 1. The van der Waals surface area contributed by atoms with Crippen molar-refractivity contribution in [1.29, 1.82) is 0 Å². The van der Waals surface area contributed by atoms with E-state index in [1.807, 2.05) is 6.07 Å². The quantitative estimate of drug-likeness (QED) is 0.862. The van der Waals surface area contributed by atoms with E-state index in [2.05, 4.69) is 6.92 Å². The summed E-state index contributed by atoms with van der Waals surface area (Å²) in [7, 11) is -1.92.